The average molecular weight is 365 g/mol. The minimum absolute atomic E-state index is 0.116. The van der Waals surface area contributed by atoms with Crippen LogP contribution in [0.3, 0.4) is 0 Å². The molecule has 0 aliphatic carbocycles. The lowest BCUT2D eigenvalue weighted by atomic mass is 9.93. The molecule has 6 nitrogen and oxygen atoms in total. The highest BCUT2D eigenvalue weighted by atomic mass is 16.9. The van der Waals surface area contributed by atoms with Crippen molar-refractivity contribution in [3.8, 4) is 0 Å². The van der Waals surface area contributed by atoms with E-state index in [9.17, 15) is 5.11 Å². The van der Waals surface area contributed by atoms with Gasteiger partial charge >= 0.3 is 0 Å². The van der Waals surface area contributed by atoms with Crippen LogP contribution in [0, 0.1) is 5.92 Å². The molecule has 0 amide bonds. The maximum absolute atomic E-state index is 9.28. The highest BCUT2D eigenvalue weighted by molar-refractivity contribution is 4.71. The molecule has 0 radical (unpaired) electrons. The van der Waals surface area contributed by atoms with Crippen molar-refractivity contribution in [3.63, 3.8) is 0 Å². The first-order chi connectivity index (χ1) is 12.1. The number of hydrogen-bond donors (Lipinski definition) is 2. The normalized spacial score (nSPS) is 14.6. The van der Waals surface area contributed by atoms with Crippen LogP contribution in [-0.4, -0.2) is 63.4 Å². The largest absolute Gasteiger partial charge is 0.394 e. The molecule has 2 unspecified atom stereocenters. The number of unbranched alkanes of at least 4 members (excludes halogenated alkanes) is 5. The van der Waals surface area contributed by atoms with Crippen molar-refractivity contribution in [2.75, 3.05) is 41.2 Å². The lowest BCUT2D eigenvalue weighted by Crippen LogP contribution is -2.44. The summed E-state index contributed by atoms with van der Waals surface area (Å²) in [5.41, 5.74) is 0. The second-order valence-electron chi connectivity index (χ2n) is 6.52. The Morgan fingerprint density at radius 3 is 1.96 bits per heavy atom. The molecule has 0 aromatic heterocycles. The molecule has 0 saturated carbocycles. The van der Waals surface area contributed by atoms with Gasteiger partial charge in [-0.2, -0.15) is 0 Å². The third-order valence-electron chi connectivity index (χ3n) is 4.62. The number of aliphatic hydroxyl groups is 2. The zero-order chi connectivity index (χ0) is 19.0. The predicted octanol–water partition coefficient (Wildman–Crippen LogP) is 3.10. The Hall–Kier alpha value is -0.240. The molecule has 6 heteroatoms. The van der Waals surface area contributed by atoms with Crippen molar-refractivity contribution < 1.29 is 29.2 Å². The molecule has 0 aliphatic heterocycles. The first-order valence-corrected chi connectivity index (χ1v) is 9.62. The van der Waals surface area contributed by atoms with Crippen molar-refractivity contribution >= 4 is 0 Å². The SMILES string of the molecule is CCCCCCCCC(CCCOCC(O)CO)C(OC)(OC)OC. The molecule has 0 spiro atoms. The Kier molecular flexibility index (Phi) is 15.8. The van der Waals surface area contributed by atoms with Crippen molar-refractivity contribution in [2.24, 2.45) is 5.92 Å². The van der Waals surface area contributed by atoms with Crippen molar-refractivity contribution in [3.05, 3.63) is 0 Å². The Morgan fingerprint density at radius 2 is 1.40 bits per heavy atom. The molecule has 0 aromatic rings. The summed E-state index contributed by atoms with van der Waals surface area (Å²) in [6.07, 6.45) is 9.28. The van der Waals surface area contributed by atoms with Gasteiger partial charge in [0.2, 0.25) is 0 Å². The standard InChI is InChI=1S/C19H40O6/c1-5-6-7-8-9-10-12-17(19(22-2,23-3)24-4)13-11-14-25-16-18(21)15-20/h17-18,20-21H,5-16H2,1-4H3. The third-order valence-corrected chi connectivity index (χ3v) is 4.62. The van der Waals surface area contributed by atoms with Gasteiger partial charge in [0.15, 0.2) is 0 Å². The summed E-state index contributed by atoms with van der Waals surface area (Å²) in [7, 11) is 4.82. The van der Waals surface area contributed by atoms with Gasteiger partial charge in [0, 0.05) is 33.9 Å². The van der Waals surface area contributed by atoms with E-state index < -0.39 is 12.1 Å². The summed E-state index contributed by atoms with van der Waals surface area (Å²) in [5, 5.41) is 18.1. The topological polar surface area (TPSA) is 77.4 Å². The molecular weight excluding hydrogens is 324 g/mol. The van der Waals surface area contributed by atoms with Crippen LogP contribution >= 0.6 is 0 Å². The molecule has 0 bridgehead atoms. The number of rotatable bonds is 18. The minimum atomic E-state index is -1.02. The summed E-state index contributed by atoms with van der Waals surface area (Å²) in [4.78, 5) is 0. The monoisotopic (exact) mass is 364 g/mol. The fourth-order valence-corrected chi connectivity index (χ4v) is 3.12. The zero-order valence-corrected chi connectivity index (χ0v) is 16.7. The lowest BCUT2D eigenvalue weighted by molar-refractivity contribution is -0.380. The maximum atomic E-state index is 9.28. The van der Waals surface area contributed by atoms with E-state index in [1.54, 1.807) is 21.3 Å². The molecule has 0 aliphatic rings. The highest BCUT2D eigenvalue weighted by Gasteiger charge is 2.39. The van der Waals surface area contributed by atoms with Gasteiger partial charge in [0.25, 0.3) is 5.97 Å². The smallest absolute Gasteiger partial charge is 0.285 e. The van der Waals surface area contributed by atoms with E-state index in [2.05, 4.69) is 6.92 Å². The molecule has 0 saturated heterocycles. The molecule has 0 aromatic carbocycles. The quantitative estimate of drug-likeness (QED) is 0.287. The summed E-state index contributed by atoms with van der Waals surface area (Å²) in [5.74, 6) is -0.904. The molecule has 152 valence electrons. The van der Waals surface area contributed by atoms with Gasteiger partial charge in [-0.15, -0.1) is 0 Å². The molecular formula is C19H40O6. The van der Waals surface area contributed by atoms with Gasteiger partial charge in [-0.3, -0.25) is 0 Å². The second-order valence-corrected chi connectivity index (χ2v) is 6.52. The summed E-state index contributed by atoms with van der Waals surface area (Å²) >= 11 is 0. The Morgan fingerprint density at radius 1 is 0.840 bits per heavy atom. The number of ether oxygens (including phenoxy) is 4. The fourth-order valence-electron chi connectivity index (χ4n) is 3.12. The second kappa shape index (κ2) is 16.0. The van der Waals surface area contributed by atoms with Gasteiger partial charge in [-0.25, -0.2) is 0 Å². The van der Waals surface area contributed by atoms with Gasteiger partial charge < -0.3 is 29.2 Å². The van der Waals surface area contributed by atoms with Crippen molar-refractivity contribution in [2.45, 2.75) is 76.8 Å². The Labute approximate surface area is 153 Å². The maximum Gasteiger partial charge on any atom is 0.285 e. The fraction of sp³-hybridized carbons (Fsp3) is 1.00. The third kappa shape index (κ3) is 10.5. The molecule has 25 heavy (non-hydrogen) atoms. The molecule has 2 N–H and O–H groups in total. The van der Waals surface area contributed by atoms with Gasteiger partial charge in [0.05, 0.1) is 13.2 Å². The van der Waals surface area contributed by atoms with E-state index in [1.165, 1.54) is 32.1 Å². The molecule has 0 rings (SSSR count). The lowest BCUT2D eigenvalue weighted by Gasteiger charge is -2.36. The summed E-state index contributed by atoms with van der Waals surface area (Å²) < 4.78 is 22.0. The van der Waals surface area contributed by atoms with Crippen LogP contribution in [0.15, 0.2) is 0 Å². The van der Waals surface area contributed by atoms with E-state index in [4.69, 9.17) is 24.1 Å². The molecule has 0 heterocycles. The number of aliphatic hydroxyl groups excluding tert-OH is 2. The van der Waals surface area contributed by atoms with Crippen LogP contribution in [0.5, 0.6) is 0 Å². The van der Waals surface area contributed by atoms with Crippen LogP contribution in [-0.2, 0) is 18.9 Å². The molecule has 0 fully saturated rings. The first-order valence-electron chi connectivity index (χ1n) is 9.62. The van der Waals surface area contributed by atoms with Crippen LogP contribution in [0.25, 0.3) is 0 Å². The van der Waals surface area contributed by atoms with Crippen LogP contribution in [0.4, 0.5) is 0 Å². The Bertz CT molecular complexity index is 275. The van der Waals surface area contributed by atoms with Crippen LogP contribution in [0.2, 0.25) is 0 Å². The average Bonchev–Trinajstić information content (AvgIpc) is 2.64. The first kappa shape index (κ1) is 24.8. The van der Waals surface area contributed by atoms with Crippen molar-refractivity contribution in [1.82, 2.24) is 0 Å². The van der Waals surface area contributed by atoms with Crippen LogP contribution in [0.1, 0.15) is 64.7 Å². The highest BCUT2D eigenvalue weighted by Crippen LogP contribution is 2.32. The minimum Gasteiger partial charge on any atom is -0.394 e. The van der Waals surface area contributed by atoms with E-state index in [0.29, 0.717) is 6.61 Å². The van der Waals surface area contributed by atoms with E-state index >= 15 is 0 Å². The number of methoxy groups -OCH3 is 3. The molecule has 2 atom stereocenters. The van der Waals surface area contributed by atoms with E-state index in [1.807, 2.05) is 0 Å². The predicted molar refractivity (Wildman–Crippen MR) is 98.4 cm³/mol. The van der Waals surface area contributed by atoms with Gasteiger partial charge in [-0.1, -0.05) is 45.4 Å². The Balaban J connectivity index is 4.33. The van der Waals surface area contributed by atoms with Crippen LogP contribution < -0.4 is 0 Å². The van der Waals surface area contributed by atoms with E-state index in [0.717, 1.165) is 25.7 Å². The summed E-state index contributed by atoms with van der Waals surface area (Å²) in [6, 6.07) is 0. The van der Waals surface area contributed by atoms with Gasteiger partial charge in [-0.05, 0) is 19.3 Å². The van der Waals surface area contributed by atoms with Gasteiger partial charge in [0.1, 0.15) is 6.10 Å². The number of hydrogen-bond acceptors (Lipinski definition) is 6. The zero-order valence-electron chi connectivity index (χ0n) is 16.7. The van der Waals surface area contributed by atoms with E-state index in [-0.39, 0.29) is 19.1 Å². The van der Waals surface area contributed by atoms with Crippen molar-refractivity contribution in [1.29, 1.82) is 0 Å². The summed E-state index contributed by atoms with van der Waals surface area (Å²) in [6.45, 7) is 2.63.